The van der Waals surface area contributed by atoms with Crippen LogP contribution in [0, 0.1) is 0 Å². The molecule has 6 heteroatoms. The number of urea groups is 1. The summed E-state index contributed by atoms with van der Waals surface area (Å²) in [6, 6.07) is 16.4. The number of aromatic nitrogens is 2. The van der Waals surface area contributed by atoms with E-state index >= 15 is 0 Å². The fraction of sp³-hybridized carbons (Fsp3) is 0.150. The number of hydrogen-bond acceptors (Lipinski definition) is 3. The van der Waals surface area contributed by atoms with Crippen molar-refractivity contribution in [3.8, 4) is 0 Å². The van der Waals surface area contributed by atoms with Gasteiger partial charge in [0.2, 0.25) is 0 Å². The van der Waals surface area contributed by atoms with Crippen LogP contribution in [0.3, 0.4) is 0 Å². The first-order valence-electron chi connectivity index (χ1n) is 8.31. The Morgan fingerprint density at radius 2 is 1.85 bits per heavy atom. The molecule has 3 aromatic rings. The molecule has 6 nitrogen and oxygen atoms in total. The number of hydrogen-bond donors (Lipinski definition) is 2. The van der Waals surface area contributed by atoms with E-state index in [2.05, 4.69) is 15.7 Å². The van der Waals surface area contributed by atoms with E-state index in [0.29, 0.717) is 24.3 Å². The molecule has 0 unspecified atom stereocenters. The SMILES string of the molecule is CC(=O)c1cccc(NC(=O)NCc2cccc(Cn3cccn3)c2)c1. The molecule has 3 rings (SSSR count). The molecule has 0 aliphatic carbocycles. The summed E-state index contributed by atoms with van der Waals surface area (Å²) in [5.74, 6) is -0.0388. The molecule has 0 saturated carbocycles. The van der Waals surface area contributed by atoms with E-state index in [1.165, 1.54) is 6.92 Å². The van der Waals surface area contributed by atoms with Crippen LogP contribution < -0.4 is 10.6 Å². The van der Waals surface area contributed by atoms with Crippen LogP contribution in [-0.2, 0) is 13.1 Å². The summed E-state index contributed by atoms with van der Waals surface area (Å²) < 4.78 is 1.85. The number of amides is 2. The minimum atomic E-state index is -0.316. The van der Waals surface area contributed by atoms with E-state index in [1.54, 1.807) is 30.5 Å². The normalized spacial score (nSPS) is 10.3. The van der Waals surface area contributed by atoms with Gasteiger partial charge >= 0.3 is 6.03 Å². The lowest BCUT2D eigenvalue weighted by atomic mass is 10.1. The third-order valence-corrected chi connectivity index (χ3v) is 3.88. The second-order valence-corrected chi connectivity index (χ2v) is 5.97. The van der Waals surface area contributed by atoms with E-state index in [9.17, 15) is 9.59 Å². The Bertz CT molecular complexity index is 904. The van der Waals surface area contributed by atoms with E-state index in [1.807, 2.05) is 41.2 Å². The van der Waals surface area contributed by atoms with Crippen molar-refractivity contribution in [2.75, 3.05) is 5.32 Å². The summed E-state index contributed by atoms with van der Waals surface area (Å²) >= 11 is 0. The maximum atomic E-state index is 12.1. The number of Topliss-reactive ketones (excluding diaryl/α,β-unsaturated/α-hetero) is 1. The van der Waals surface area contributed by atoms with Crippen LogP contribution in [0.4, 0.5) is 10.5 Å². The summed E-state index contributed by atoms with van der Waals surface area (Å²) in [7, 11) is 0. The summed E-state index contributed by atoms with van der Waals surface area (Å²) in [5.41, 5.74) is 3.27. The maximum absolute atomic E-state index is 12.1. The van der Waals surface area contributed by atoms with E-state index < -0.39 is 0 Å². The molecule has 0 saturated heterocycles. The smallest absolute Gasteiger partial charge is 0.319 e. The number of anilines is 1. The quantitative estimate of drug-likeness (QED) is 0.670. The summed E-state index contributed by atoms with van der Waals surface area (Å²) in [4.78, 5) is 23.5. The van der Waals surface area contributed by atoms with E-state index in [4.69, 9.17) is 0 Å². The first-order valence-corrected chi connectivity index (χ1v) is 8.31. The number of nitrogens with one attached hydrogen (secondary N) is 2. The van der Waals surface area contributed by atoms with Gasteiger partial charge in [-0.3, -0.25) is 9.48 Å². The zero-order valence-corrected chi connectivity index (χ0v) is 14.5. The van der Waals surface area contributed by atoms with Crippen molar-refractivity contribution in [3.63, 3.8) is 0 Å². The lowest BCUT2D eigenvalue weighted by Gasteiger charge is -2.10. The Balaban J connectivity index is 1.56. The number of carbonyl (C=O) groups is 2. The molecule has 1 aromatic heterocycles. The van der Waals surface area contributed by atoms with Crippen molar-refractivity contribution >= 4 is 17.5 Å². The van der Waals surface area contributed by atoms with Crippen LogP contribution in [0.2, 0.25) is 0 Å². The lowest BCUT2D eigenvalue weighted by Crippen LogP contribution is -2.28. The molecule has 0 aliphatic rings. The predicted molar refractivity (Wildman–Crippen MR) is 100 cm³/mol. The third kappa shape index (κ3) is 4.80. The highest BCUT2D eigenvalue weighted by molar-refractivity contribution is 5.96. The topological polar surface area (TPSA) is 76.0 Å². The number of rotatable bonds is 6. The maximum Gasteiger partial charge on any atom is 0.319 e. The van der Waals surface area contributed by atoms with Crippen molar-refractivity contribution in [1.29, 1.82) is 0 Å². The number of carbonyl (C=O) groups excluding carboxylic acids is 2. The number of benzene rings is 2. The zero-order valence-electron chi connectivity index (χ0n) is 14.5. The van der Waals surface area contributed by atoms with Gasteiger partial charge in [0.1, 0.15) is 0 Å². The highest BCUT2D eigenvalue weighted by atomic mass is 16.2. The standard InChI is InChI=1S/C20H20N4O2/c1-15(25)18-7-3-8-19(12-18)23-20(26)21-13-16-5-2-6-17(11-16)14-24-10-4-9-22-24/h2-12H,13-14H2,1H3,(H2,21,23,26). The van der Waals surface area contributed by atoms with Crippen LogP contribution in [0.15, 0.2) is 67.0 Å². The molecule has 0 atom stereocenters. The van der Waals surface area contributed by atoms with Crippen LogP contribution in [-0.4, -0.2) is 21.6 Å². The van der Waals surface area contributed by atoms with Crippen LogP contribution in [0.25, 0.3) is 0 Å². The summed E-state index contributed by atoms with van der Waals surface area (Å²) in [6.45, 7) is 2.59. The van der Waals surface area contributed by atoms with Gasteiger partial charge in [0.25, 0.3) is 0 Å². The van der Waals surface area contributed by atoms with Gasteiger partial charge < -0.3 is 10.6 Å². The molecular formula is C20H20N4O2. The average Bonchev–Trinajstić information content (AvgIpc) is 3.13. The molecule has 0 aliphatic heterocycles. The molecule has 2 amide bonds. The average molecular weight is 348 g/mol. The largest absolute Gasteiger partial charge is 0.334 e. The lowest BCUT2D eigenvalue weighted by molar-refractivity contribution is 0.101. The predicted octanol–water partition coefficient (Wildman–Crippen LogP) is 3.46. The molecule has 1 heterocycles. The number of nitrogens with zero attached hydrogens (tertiary/aromatic N) is 2. The molecule has 0 spiro atoms. The molecule has 2 aromatic carbocycles. The molecule has 26 heavy (non-hydrogen) atoms. The Kier molecular flexibility index (Phi) is 5.43. The van der Waals surface area contributed by atoms with Gasteiger partial charge in [0.05, 0.1) is 6.54 Å². The highest BCUT2D eigenvalue weighted by Gasteiger charge is 2.05. The van der Waals surface area contributed by atoms with Gasteiger partial charge in [-0.2, -0.15) is 5.10 Å². The van der Waals surface area contributed by atoms with Gasteiger partial charge in [-0.25, -0.2) is 4.79 Å². The van der Waals surface area contributed by atoms with Gasteiger partial charge in [0.15, 0.2) is 5.78 Å². The molecular weight excluding hydrogens is 328 g/mol. The Morgan fingerprint density at radius 3 is 2.62 bits per heavy atom. The Hall–Kier alpha value is -3.41. The molecule has 0 bridgehead atoms. The van der Waals surface area contributed by atoms with Crippen molar-refractivity contribution in [2.45, 2.75) is 20.0 Å². The third-order valence-electron chi connectivity index (χ3n) is 3.88. The van der Waals surface area contributed by atoms with Gasteiger partial charge in [-0.15, -0.1) is 0 Å². The van der Waals surface area contributed by atoms with Crippen LogP contribution >= 0.6 is 0 Å². The van der Waals surface area contributed by atoms with Gasteiger partial charge in [-0.05, 0) is 36.2 Å². The minimum Gasteiger partial charge on any atom is -0.334 e. The minimum absolute atomic E-state index is 0.0388. The van der Waals surface area contributed by atoms with Crippen molar-refractivity contribution in [2.24, 2.45) is 0 Å². The molecule has 0 fully saturated rings. The zero-order chi connectivity index (χ0) is 18.4. The molecule has 132 valence electrons. The molecule has 0 radical (unpaired) electrons. The first-order chi connectivity index (χ1) is 12.6. The fourth-order valence-electron chi connectivity index (χ4n) is 2.59. The van der Waals surface area contributed by atoms with Gasteiger partial charge in [0, 0.05) is 30.2 Å². The monoisotopic (exact) mass is 348 g/mol. The summed E-state index contributed by atoms with van der Waals surface area (Å²) in [6.07, 6.45) is 3.66. The van der Waals surface area contributed by atoms with Crippen LogP contribution in [0.1, 0.15) is 28.4 Å². The highest BCUT2D eigenvalue weighted by Crippen LogP contribution is 2.11. The van der Waals surface area contributed by atoms with E-state index in [-0.39, 0.29) is 11.8 Å². The molecule has 2 N–H and O–H groups in total. The van der Waals surface area contributed by atoms with Gasteiger partial charge in [-0.1, -0.05) is 36.4 Å². The summed E-state index contributed by atoms with van der Waals surface area (Å²) in [5, 5.41) is 9.76. The van der Waals surface area contributed by atoms with E-state index in [0.717, 1.165) is 11.1 Å². The fourth-order valence-corrected chi connectivity index (χ4v) is 2.59. The Labute approximate surface area is 151 Å². The second kappa shape index (κ2) is 8.11. The van der Waals surface area contributed by atoms with Crippen molar-refractivity contribution in [1.82, 2.24) is 15.1 Å². The van der Waals surface area contributed by atoms with Crippen LogP contribution in [0.5, 0.6) is 0 Å². The Morgan fingerprint density at radius 1 is 1.04 bits per heavy atom. The number of ketones is 1. The van der Waals surface area contributed by atoms with Crippen molar-refractivity contribution < 1.29 is 9.59 Å². The second-order valence-electron chi connectivity index (χ2n) is 5.97. The first kappa shape index (κ1) is 17.4. The van der Waals surface area contributed by atoms with Crippen molar-refractivity contribution in [3.05, 3.63) is 83.7 Å².